The van der Waals surface area contributed by atoms with Crippen molar-refractivity contribution in [2.45, 2.75) is 38.9 Å². The summed E-state index contributed by atoms with van der Waals surface area (Å²) in [6.07, 6.45) is 6.31. The van der Waals surface area contributed by atoms with Gasteiger partial charge in [-0.3, -0.25) is 9.36 Å². The molecule has 3 rings (SSSR count). The third-order valence-corrected chi connectivity index (χ3v) is 5.14. The summed E-state index contributed by atoms with van der Waals surface area (Å²) in [5.41, 5.74) is 3.38. The van der Waals surface area contributed by atoms with Crippen LogP contribution in [0.1, 0.15) is 23.4 Å². The van der Waals surface area contributed by atoms with E-state index in [0.717, 1.165) is 35.2 Å². The summed E-state index contributed by atoms with van der Waals surface area (Å²) < 4.78 is 4.01. The molecular formula is C19H24N6OS. The molecule has 0 saturated carbocycles. The van der Waals surface area contributed by atoms with Gasteiger partial charge >= 0.3 is 0 Å². The van der Waals surface area contributed by atoms with Crippen LogP contribution in [0.15, 0.2) is 42.1 Å². The number of aryl methyl sites for hydroxylation is 4. The zero-order chi connectivity index (χ0) is 19.2. The second-order valence-electron chi connectivity index (χ2n) is 6.45. The van der Waals surface area contributed by atoms with Crippen molar-refractivity contribution in [1.29, 1.82) is 0 Å². The Morgan fingerprint density at radius 1 is 1.22 bits per heavy atom. The van der Waals surface area contributed by atoms with Crippen LogP contribution in [0, 0.1) is 20.8 Å². The number of carbonyl (C=O) groups is 1. The highest BCUT2D eigenvalue weighted by Crippen LogP contribution is 2.24. The first kappa shape index (κ1) is 19.2. The van der Waals surface area contributed by atoms with Crippen LogP contribution >= 0.6 is 11.8 Å². The van der Waals surface area contributed by atoms with Crippen molar-refractivity contribution in [2.75, 3.05) is 12.3 Å². The van der Waals surface area contributed by atoms with Gasteiger partial charge in [0.1, 0.15) is 5.82 Å². The van der Waals surface area contributed by atoms with Gasteiger partial charge in [0.2, 0.25) is 5.91 Å². The number of nitrogens with zero attached hydrogens (tertiary/aromatic N) is 5. The molecule has 1 amide bonds. The quantitative estimate of drug-likeness (QED) is 0.477. The Morgan fingerprint density at radius 2 is 2.07 bits per heavy atom. The van der Waals surface area contributed by atoms with Crippen LogP contribution in [-0.4, -0.2) is 42.5 Å². The van der Waals surface area contributed by atoms with E-state index in [9.17, 15) is 4.79 Å². The fraction of sp³-hybridized carbons (Fsp3) is 0.368. The van der Waals surface area contributed by atoms with E-state index in [1.54, 1.807) is 12.5 Å². The monoisotopic (exact) mass is 384 g/mol. The molecule has 2 heterocycles. The molecule has 0 aliphatic rings. The maximum atomic E-state index is 12.1. The van der Waals surface area contributed by atoms with Gasteiger partial charge in [-0.05, 0) is 44.4 Å². The van der Waals surface area contributed by atoms with E-state index in [0.29, 0.717) is 12.3 Å². The minimum atomic E-state index is -0.00111. The molecule has 0 aliphatic carbocycles. The first-order valence-corrected chi connectivity index (χ1v) is 9.88. The average Bonchev–Trinajstić information content (AvgIpc) is 3.29. The normalized spacial score (nSPS) is 10.9. The van der Waals surface area contributed by atoms with E-state index in [2.05, 4.69) is 52.5 Å². The summed E-state index contributed by atoms with van der Waals surface area (Å²) in [5.74, 6) is 1.12. The molecular weight excluding hydrogens is 360 g/mol. The number of rotatable bonds is 8. The number of nitrogens with one attached hydrogen (secondary N) is 1. The largest absolute Gasteiger partial charge is 0.355 e. The van der Waals surface area contributed by atoms with Crippen molar-refractivity contribution in [2.24, 2.45) is 0 Å². The molecule has 0 bridgehead atoms. The number of aromatic nitrogens is 5. The summed E-state index contributed by atoms with van der Waals surface area (Å²) in [5, 5.41) is 12.1. The number of thioether (sulfide) groups is 1. The molecule has 1 aromatic carbocycles. The molecule has 27 heavy (non-hydrogen) atoms. The third kappa shape index (κ3) is 4.97. The number of imidazole rings is 1. The summed E-state index contributed by atoms with van der Waals surface area (Å²) in [6.45, 7) is 7.53. The zero-order valence-corrected chi connectivity index (χ0v) is 16.7. The zero-order valence-electron chi connectivity index (χ0n) is 15.8. The molecule has 0 radical (unpaired) electrons. The van der Waals surface area contributed by atoms with Gasteiger partial charge < -0.3 is 9.88 Å². The van der Waals surface area contributed by atoms with E-state index in [1.807, 2.05) is 22.3 Å². The van der Waals surface area contributed by atoms with Crippen LogP contribution in [0.25, 0.3) is 5.69 Å². The van der Waals surface area contributed by atoms with Gasteiger partial charge in [-0.15, -0.1) is 10.2 Å². The van der Waals surface area contributed by atoms with Crippen molar-refractivity contribution < 1.29 is 4.79 Å². The Balaban J connectivity index is 1.55. The first-order chi connectivity index (χ1) is 13.0. The van der Waals surface area contributed by atoms with Crippen LogP contribution in [0.4, 0.5) is 0 Å². The summed E-state index contributed by atoms with van der Waals surface area (Å²) in [7, 11) is 0. The Labute approximate surface area is 163 Å². The lowest BCUT2D eigenvalue weighted by Crippen LogP contribution is -2.27. The second kappa shape index (κ2) is 8.85. The van der Waals surface area contributed by atoms with Gasteiger partial charge in [0.05, 0.1) is 17.8 Å². The van der Waals surface area contributed by atoms with E-state index >= 15 is 0 Å². The Morgan fingerprint density at radius 3 is 2.85 bits per heavy atom. The van der Waals surface area contributed by atoms with E-state index in [-0.39, 0.29) is 5.91 Å². The highest BCUT2D eigenvalue weighted by atomic mass is 32.2. The topological polar surface area (TPSA) is 77.6 Å². The SMILES string of the molecule is Cc1ccc(C)c(-n2c(C)nnc2SCC(=O)NCCCn2ccnc2)c1. The standard InChI is InChI=1S/C19H24N6OS/c1-14-5-6-15(2)17(11-14)25-16(3)22-23-19(25)27-12-18(26)21-7-4-9-24-10-8-20-13-24/h5-6,8,10-11,13H,4,7,9,12H2,1-3H3,(H,21,26). The van der Waals surface area contributed by atoms with Gasteiger partial charge in [0, 0.05) is 25.5 Å². The maximum Gasteiger partial charge on any atom is 0.230 e. The van der Waals surface area contributed by atoms with E-state index < -0.39 is 0 Å². The van der Waals surface area contributed by atoms with Crippen molar-refractivity contribution in [3.8, 4) is 5.69 Å². The molecule has 0 atom stereocenters. The lowest BCUT2D eigenvalue weighted by atomic mass is 10.1. The van der Waals surface area contributed by atoms with Crippen molar-refractivity contribution in [3.05, 3.63) is 53.9 Å². The molecule has 1 N–H and O–H groups in total. The fourth-order valence-electron chi connectivity index (χ4n) is 2.76. The van der Waals surface area contributed by atoms with Crippen LogP contribution in [-0.2, 0) is 11.3 Å². The summed E-state index contributed by atoms with van der Waals surface area (Å²) in [4.78, 5) is 16.1. The predicted octanol–water partition coefficient (Wildman–Crippen LogP) is 2.69. The van der Waals surface area contributed by atoms with Crippen molar-refractivity contribution >= 4 is 17.7 Å². The van der Waals surface area contributed by atoms with Gasteiger partial charge in [0.25, 0.3) is 0 Å². The van der Waals surface area contributed by atoms with Crippen molar-refractivity contribution in [1.82, 2.24) is 29.6 Å². The molecule has 7 nitrogen and oxygen atoms in total. The van der Waals surface area contributed by atoms with Gasteiger partial charge in [-0.25, -0.2) is 4.98 Å². The minimum Gasteiger partial charge on any atom is -0.355 e. The molecule has 0 unspecified atom stereocenters. The van der Waals surface area contributed by atoms with Crippen LogP contribution < -0.4 is 5.32 Å². The fourth-order valence-corrected chi connectivity index (χ4v) is 3.58. The molecule has 3 aromatic rings. The molecule has 0 aliphatic heterocycles. The first-order valence-electron chi connectivity index (χ1n) is 8.89. The van der Waals surface area contributed by atoms with E-state index in [1.165, 1.54) is 17.3 Å². The van der Waals surface area contributed by atoms with Crippen LogP contribution in [0.2, 0.25) is 0 Å². The van der Waals surface area contributed by atoms with Gasteiger partial charge in [-0.1, -0.05) is 23.9 Å². The number of amides is 1. The minimum absolute atomic E-state index is 0.00111. The number of benzene rings is 1. The number of carbonyl (C=O) groups excluding carboxylic acids is 1. The Kier molecular flexibility index (Phi) is 6.28. The third-order valence-electron chi connectivity index (χ3n) is 4.21. The predicted molar refractivity (Wildman–Crippen MR) is 106 cm³/mol. The Hall–Kier alpha value is -2.61. The molecule has 0 fully saturated rings. The van der Waals surface area contributed by atoms with Gasteiger partial charge in [-0.2, -0.15) is 0 Å². The lowest BCUT2D eigenvalue weighted by molar-refractivity contribution is -0.118. The van der Waals surface area contributed by atoms with Gasteiger partial charge in [0.15, 0.2) is 5.16 Å². The Bertz CT molecular complexity index is 903. The number of hydrogen-bond donors (Lipinski definition) is 1. The van der Waals surface area contributed by atoms with Crippen LogP contribution in [0.5, 0.6) is 0 Å². The molecule has 2 aromatic heterocycles. The lowest BCUT2D eigenvalue weighted by Gasteiger charge is -2.12. The maximum absolute atomic E-state index is 12.1. The summed E-state index contributed by atoms with van der Waals surface area (Å²) >= 11 is 1.40. The molecule has 8 heteroatoms. The molecule has 142 valence electrons. The van der Waals surface area contributed by atoms with Crippen molar-refractivity contribution in [3.63, 3.8) is 0 Å². The average molecular weight is 385 g/mol. The highest BCUT2D eigenvalue weighted by Gasteiger charge is 2.15. The second-order valence-corrected chi connectivity index (χ2v) is 7.39. The summed E-state index contributed by atoms with van der Waals surface area (Å²) in [6, 6.07) is 6.29. The highest BCUT2D eigenvalue weighted by molar-refractivity contribution is 7.99. The number of hydrogen-bond acceptors (Lipinski definition) is 5. The van der Waals surface area contributed by atoms with E-state index in [4.69, 9.17) is 0 Å². The molecule has 0 saturated heterocycles. The van der Waals surface area contributed by atoms with Crippen LogP contribution in [0.3, 0.4) is 0 Å². The molecule has 0 spiro atoms. The smallest absolute Gasteiger partial charge is 0.230 e.